The minimum atomic E-state index is -0.210. The summed E-state index contributed by atoms with van der Waals surface area (Å²) in [4.78, 5) is 0. The third-order valence-electron chi connectivity index (χ3n) is 2.76. The van der Waals surface area contributed by atoms with Crippen molar-refractivity contribution in [3.8, 4) is 0 Å². The van der Waals surface area contributed by atoms with Crippen molar-refractivity contribution in [2.24, 2.45) is 5.92 Å². The van der Waals surface area contributed by atoms with Crippen molar-refractivity contribution in [3.05, 3.63) is 35.2 Å². The van der Waals surface area contributed by atoms with Crippen LogP contribution in [0.5, 0.6) is 0 Å². The zero-order valence-corrected chi connectivity index (χ0v) is 10.6. The molecule has 0 saturated carbocycles. The molecule has 0 amide bonds. The predicted octanol–water partition coefficient (Wildman–Crippen LogP) is 3.85. The quantitative estimate of drug-likeness (QED) is 0.852. The second-order valence-corrected chi connectivity index (χ2v) is 5.66. The van der Waals surface area contributed by atoms with Gasteiger partial charge in [0.25, 0.3) is 0 Å². The van der Waals surface area contributed by atoms with Gasteiger partial charge in [0.2, 0.25) is 0 Å². The van der Waals surface area contributed by atoms with E-state index in [9.17, 15) is 5.11 Å². The van der Waals surface area contributed by atoms with Crippen molar-refractivity contribution >= 4 is 21.4 Å². The summed E-state index contributed by atoms with van der Waals surface area (Å²) >= 11 is 1.76. The molecule has 0 aliphatic carbocycles. The Kier molecular flexibility index (Phi) is 3.62. The molecule has 0 spiro atoms. The molecule has 1 nitrogen and oxygen atoms in total. The Morgan fingerprint density at radius 3 is 2.75 bits per heavy atom. The summed E-state index contributed by atoms with van der Waals surface area (Å²) in [6.45, 7) is 4.30. The van der Waals surface area contributed by atoms with E-state index in [-0.39, 0.29) is 6.10 Å². The molecule has 1 unspecified atom stereocenters. The van der Waals surface area contributed by atoms with E-state index in [0.717, 1.165) is 12.8 Å². The Labute approximate surface area is 101 Å². The van der Waals surface area contributed by atoms with E-state index >= 15 is 0 Å². The number of aliphatic hydroxyl groups is 1. The fourth-order valence-electron chi connectivity index (χ4n) is 2.07. The number of hydrogen-bond acceptors (Lipinski definition) is 2. The highest BCUT2D eigenvalue weighted by molar-refractivity contribution is 7.17. The Balaban J connectivity index is 2.15. The van der Waals surface area contributed by atoms with Gasteiger partial charge < -0.3 is 5.11 Å². The highest BCUT2D eigenvalue weighted by Gasteiger charge is 2.11. The number of fused-ring (bicyclic) bond motifs is 1. The lowest BCUT2D eigenvalue weighted by atomic mass is 9.99. The van der Waals surface area contributed by atoms with Gasteiger partial charge in [-0.3, -0.25) is 0 Å². The van der Waals surface area contributed by atoms with Crippen molar-refractivity contribution < 1.29 is 5.11 Å². The number of benzene rings is 1. The largest absolute Gasteiger partial charge is 0.393 e. The minimum Gasteiger partial charge on any atom is -0.393 e. The molecule has 0 saturated heterocycles. The van der Waals surface area contributed by atoms with Gasteiger partial charge in [0, 0.05) is 4.70 Å². The zero-order chi connectivity index (χ0) is 11.5. The number of thiophene rings is 1. The standard InChI is InChI=1S/C14H18OS/c1-10(2)7-12(15)8-11-9-16-14-6-4-3-5-13(11)14/h3-6,9-10,12,15H,7-8H2,1-2H3. The van der Waals surface area contributed by atoms with Crippen LogP contribution in [0.1, 0.15) is 25.8 Å². The molecule has 0 bridgehead atoms. The highest BCUT2D eigenvalue weighted by atomic mass is 32.1. The van der Waals surface area contributed by atoms with Gasteiger partial charge in [-0.15, -0.1) is 11.3 Å². The fourth-order valence-corrected chi connectivity index (χ4v) is 3.05. The summed E-state index contributed by atoms with van der Waals surface area (Å²) in [7, 11) is 0. The van der Waals surface area contributed by atoms with Crippen LogP contribution in [-0.4, -0.2) is 11.2 Å². The second kappa shape index (κ2) is 4.98. The molecule has 1 atom stereocenters. The van der Waals surface area contributed by atoms with Gasteiger partial charge in [-0.1, -0.05) is 32.0 Å². The molecule has 2 aromatic rings. The van der Waals surface area contributed by atoms with Crippen LogP contribution in [0.3, 0.4) is 0 Å². The van der Waals surface area contributed by atoms with Gasteiger partial charge in [0.1, 0.15) is 0 Å². The van der Waals surface area contributed by atoms with Crippen LogP contribution in [0.4, 0.5) is 0 Å². The van der Waals surface area contributed by atoms with Crippen LogP contribution in [0.25, 0.3) is 10.1 Å². The third-order valence-corrected chi connectivity index (χ3v) is 3.77. The molecule has 0 aliphatic heterocycles. The van der Waals surface area contributed by atoms with E-state index < -0.39 is 0 Å². The lowest BCUT2D eigenvalue weighted by Crippen LogP contribution is -2.12. The molecule has 0 radical (unpaired) electrons. The molecular weight excluding hydrogens is 216 g/mol. The van der Waals surface area contributed by atoms with E-state index in [1.54, 1.807) is 11.3 Å². The molecule has 1 N–H and O–H groups in total. The van der Waals surface area contributed by atoms with Gasteiger partial charge in [-0.05, 0) is 41.2 Å². The molecule has 2 rings (SSSR count). The lowest BCUT2D eigenvalue weighted by molar-refractivity contribution is 0.149. The molecular formula is C14H18OS. The fraction of sp³-hybridized carbons (Fsp3) is 0.429. The Morgan fingerprint density at radius 1 is 1.25 bits per heavy atom. The summed E-state index contributed by atoms with van der Waals surface area (Å²) in [6.07, 6.45) is 1.45. The Morgan fingerprint density at radius 2 is 2.00 bits per heavy atom. The van der Waals surface area contributed by atoms with Crippen LogP contribution in [-0.2, 0) is 6.42 Å². The number of aliphatic hydroxyl groups excluding tert-OH is 1. The topological polar surface area (TPSA) is 20.2 Å². The van der Waals surface area contributed by atoms with Crippen molar-refractivity contribution in [2.75, 3.05) is 0 Å². The molecule has 2 heteroatoms. The summed E-state index contributed by atoms with van der Waals surface area (Å²) in [5, 5.41) is 13.4. The van der Waals surface area contributed by atoms with Crippen molar-refractivity contribution in [1.82, 2.24) is 0 Å². The summed E-state index contributed by atoms with van der Waals surface area (Å²) in [5.41, 5.74) is 1.29. The lowest BCUT2D eigenvalue weighted by Gasteiger charge is -2.12. The second-order valence-electron chi connectivity index (χ2n) is 4.74. The normalized spacial score (nSPS) is 13.5. The Bertz CT molecular complexity index is 458. The molecule has 1 heterocycles. The summed E-state index contributed by atoms with van der Waals surface area (Å²) < 4.78 is 1.31. The predicted molar refractivity (Wildman–Crippen MR) is 71.0 cm³/mol. The maximum atomic E-state index is 9.96. The van der Waals surface area contributed by atoms with Crippen molar-refractivity contribution in [1.29, 1.82) is 0 Å². The maximum Gasteiger partial charge on any atom is 0.0583 e. The molecule has 1 aromatic heterocycles. The van der Waals surface area contributed by atoms with E-state index in [1.807, 2.05) is 0 Å². The van der Waals surface area contributed by atoms with Crippen LogP contribution in [0.15, 0.2) is 29.6 Å². The van der Waals surface area contributed by atoms with E-state index in [4.69, 9.17) is 0 Å². The third kappa shape index (κ3) is 2.63. The SMILES string of the molecule is CC(C)CC(O)Cc1csc2ccccc12. The number of rotatable bonds is 4. The monoisotopic (exact) mass is 234 g/mol. The smallest absolute Gasteiger partial charge is 0.0583 e. The molecule has 0 aliphatic rings. The average molecular weight is 234 g/mol. The number of hydrogen-bond donors (Lipinski definition) is 1. The maximum absolute atomic E-state index is 9.96. The first-order valence-electron chi connectivity index (χ1n) is 5.80. The first-order chi connectivity index (χ1) is 7.66. The van der Waals surface area contributed by atoms with E-state index in [1.165, 1.54) is 15.6 Å². The Hall–Kier alpha value is -0.860. The minimum absolute atomic E-state index is 0.210. The molecule has 1 aromatic carbocycles. The molecule has 86 valence electrons. The van der Waals surface area contributed by atoms with Gasteiger partial charge >= 0.3 is 0 Å². The first kappa shape index (κ1) is 11.6. The van der Waals surface area contributed by atoms with Crippen LogP contribution >= 0.6 is 11.3 Å². The highest BCUT2D eigenvalue weighted by Crippen LogP contribution is 2.27. The average Bonchev–Trinajstić information content (AvgIpc) is 2.61. The van der Waals surface area contributed by atoms with E-state index in [0.29, 0.717) is 5.92 Å². The summed E-state index contributed by atoms with van der Waals surface area (Å²) in [5.74, 6) is 0.555. The van der Waals surface area contributed by atoms with Gasteiger partial charge in [0.05, 0.1) is 6.10 Å². The van der Waals surface area contributed by atoms with Crippen LogP contribution < -0.4 is 0 Å². The molecule has 16 heavy (non-hydrogen) atoms. The van der Waals surface area contributed by atoms with Crippen molar-refractivity contribution in [3.63, 3.8) is 0 Å². The zero-order valence-electron chi connectivity index (χ0n) is 9.81. The molecule has 0 fully saturated rings. The van der Waals surface area contributed by atoms with Crippen LogP contribution in [0, 0.1) is 5.92 Å². The van der Waals surface area contributed by atoms with Gasteiger partial charge in [-0.25, -0.2) is 0 Å². The summed E-state index contributed by atoms with van der Waals surface area (Å²) in [6, 6.07) is 8.40. The van der Waals surface area contributed by atoms with Gasteiger partial charge in [-0.2, -0.15) is 0 Å². The van der Waals surface area contributed by atoms with Crippen molar-refractivity contribution in [2.45, 2.75) is 32.8 Å². The van der Waals surface area contributed by atoms with Crippen LogP contribution in [0.2, 0.25) is 0 Å². The van der Waals surface area contributed by atoms with Gasteiger partial charge in [0.15, 0.2) is 0 Å². The van der Waals surface area contributed by atoms with E-state index in [2.05, 4.69) is 43.5 Å². The first-order valence-corrected chi connectivity index (χ1v) is 6.68.